The van der Waals surface area contributed by atoms with Crippen LogP contribution in [0.15, 0.2) is 0 Å². The van der Waals surface area contributed by atoms with Gasteiger partial charge in [0.05, 0.1) is 5.92 Å². The van der Waals surface area contributed by atoms with Gasteiger partial charge in [0.25, 0.3) is 0 Å². The maximum Gasteiger partial charge on any atom is 0.306 e. The van der Waals surface area contributed by atoms with E-state index in [4.69, 9.17) is 5.11 Å². The summed E-state index contributed by atoms with van der Waals surface area (Å²) in [6.45, 7) is 4.64. The molecule has 18 heavy (non-hydrogen) atoms. The highest BCUT2D eigenvalue weighted by Crippen LogP contribution is 2.35. The van der Waals surface area contributed by atoms with Gasteiger partial charge in [0.2, 0.25) is 0 Å². The van der Waals surface area contributed by atoms with E-state index in [1.165, 1.54) is 19.3 Å². The minimum Gasteiger partial charge on any atom is -0.481 e. The molecule has 0 aromatic rings. The number of carbonyl (C=O) groups is 1. The van der Waals surface area contributed by atoms with Crippen LogP contribution in [0.25, 0.3) is 0 Å². The van der Waals surface area contributed by atoms with Gasteiger partial charge in [-0.1, -0.05) is 26.7 Å². The van der Waals surface area contributed by atoms with Crippen molar-refractivity contribution in [2.24, 2.45) is 17.8 Å². The summed E-state index contributed by atoms with van der Waals surface area (Å²) in [5.74, 6) is 0.893. The Bertz CT molecular complexity index is 292. The van der Waals surface area contributed by atoms with Gasteiger partial charge >= 0.3 is 5.97 Å². The Morgan fingerprint density at radius 3 is 2.67 bits per heavy atom. The fraction of sp³-hybridized carbons (Fsp3) is 0.933. The van der Waals surface area contributed by atoms with Gasteiger partial charge in [-0.2, -0.15) is 0 Å². The Kier molecular flexibility index (Phi) is 4.66. The first-order chi connectivity index (χ1) is 8.61. The second-order valence-corrected chi connectivity index (χ2v) is 6.28. The van der Waals surface area contributed by atoms with Crippen molar-refractivity contribution in [2.75, 3.05) is 0 Å². The van der Waals surface area contributed by atoms with E-state index >= 15 is 0 Å². The van der Waals surface area contributed by atoms with Gasteiger partial charge in [-0.15, -0.1) is 0 Å². The minimum atomic E-state index is -0.604. The Labute approximate surface area is 110 Å². The van der Waals surface area contributed by atoms with Gasteiger partial charge in [0.1, 0.15) is 0 Å². The first-order valence-corrected chi connectivity index (χ1v) is 7.60. The van der Waals surface area contributed by atoms with Crippen molar-refractivity contribution >= 4 is 5.97 Å². The van der Waals surface area contributed by atoms with Crippen molar-refractivity contribution in [3.8, 4) is 0 Å². The Balaban J connectivity index is 1.84. The normalized spacial score (nSPS) is 40.9. The third kappa shape index (κ3) is 3.05. The van der Waals surface area contributed by atoms with Crippen molar-refractivity contribution < 1.29 is 9.90 Å². The molecule has 5 atom stereocenters. The van der Waals surface area contributed by atoms with Crippen LogP contribution in [-0.4, -0.2) is 23.2 Å². The van der Waals surface area contributed by atoms with Gasteiger partial charge in [-0.05, 0) is 43.9 Å². The monoisotopic (exact) mass is 253 g/mol. The van der Waals surface area contributed by atoms with E-state index in [0.29, 0.717) is 12.1 Å². The van der Waals surface area contributed by atoms with Crippen LogP contribution in [0.3, 0.4) is 0 Å². The number of carboxylic acids is 1. The maximum absolute atomic E-state index is 11.1. The van der Waals surface area contributed by atoms with Crippen LogP contribution in [0, 0.1) is 17.8 Å². The molecule has 0 spiro atoms. The van der Waals surface area contributed by atoms with Gasteiger partial charge in [0.15, 0.2) is 0 Å². The lowest BCUT2D eigenvalue weighted by Crippen LogP contribution is -2.43. The van der Waals surface area contributed by atoms with E-state index < -0.39 is 5.97 Å². The van der Waals surface area contributed by atoms with E-state index in [1.807, 2.05) is 0 Å². The first kappa shape index (κ1) is 13.9. The molecule has 0 radical (unpaired) electrons. The molecule has 2 rings (SSSR count). The average Bonchev–Trinajstić information content (AvgIpc) is 2.71. The summed E-state index contributed by atoms with van der Waals surface area (Å²) < 4.78 is 0. The molecule has 0 bridgehead atoms. The topological polar surface area (TPSA) is 49.3 Å². The first-order valence-electron chi connectivity index (χ1n) is 7.60. The van der Waals surface area contributed by atoms with Crippen LogP contribution in [0.2, 0.25) is 0 Å². The molecule has 0 amide bonds. The maximum atomic E-state index is 11.1. The van der Waals surface area contributed by atoms with Crippen LogP contribution in [0.1, 0.15) is 58.8 Å². The number of nitrogens with one attached hydrogen (secondary N) is 1. The molecule has 0 heterocycles. The summed E-state index contributed by atoms with van der Waals surface area (Å²) in [6.07, 6.45) is 7.80. The SMILES string of the molecule is CCC1CCC(NC2CCCC(C(=O)O)C2)C1C. The molecule has 2 N–H and O–H groups in total. The highest BCUT2D eigenvalue weighted by Gasteiger charge is 2.34. The van der Waals surface area contributed by atoms with Gasteiger partial charge < -0.3 is 10.4 Å². The molecule has 104 valence electrons. The van der Waals surface area contributed by atoms with E-state index in [-0.39, 0.29) is 5.92 Å². The van der Waals surface area contributed by atoms with Gasteiger partial charge in [-0.25, -0.2) is 0 Å². The largest absolute Gasteiger partial charge is 0.481 e. The molecule has 2 aliphatic carbocycles. The fourth-order valence-electron chi connectivity index (χ4n) is 3.93. The zero-order valence-corrected chi connectivity index (χ0v) is 11.7. The molecule has 3 heteroatoms. The predicted molar refractivity (Wildman–Crippen MR) is 72.5 cm³/mol. The Morgan fingerprint density at radius 1 is 1.28 bits per heavy atom. The summed E-state index contributed by atoms with van der Waals surface area (Å²) in [4.78, 5) is 11.1. The van der Waals surface area contributed by atoms with Gasteiger partial charge in [0, 0.05) is 12.1 Å². The van der Waals surface area contributed by atoms with Gasteiger partial charge in [-0.3, -0.25) is 4.79 Å². The molecular formula is C15H27NO2. The molecule has 0 aliphatic heterocycles. The van der Waals surface area contributed by atoms with Crippen LogP contribution < -0.4 is 5.32 Å². The highest BCUT2D eigenvalue weighted by molar-refractivity contribution is 5.70. The van der Waals surface area contributed by atoms with E-state index in [1.54, 1.807) is 0 Å². The number of hydrogen-bond donors (Lipinski definition) is 2. The molecule has 0 aromatic carbocycles. The Morgan fingerprint density at radius 2 is 2.06 bits per heavy atom. The lowest BCUT2D eigenvalue weighted by atomic mass is 9.84. The summed E-state index contributed by atoms with van der Waals surface area (Å²) in [7, 11) is 0. The number of rotatable bonds is 4. The number of aliphatic carboxylic acids is 1. The molecular weight excluding hydrogens is 226 g/mol. The lowest BCUT2D eigenvalue weighted by Gasteiger charge is -2.32. The molecule has 0 saturated heterocycles. The molecule has 5 unspecified atom stereocenters. The van der Waals surface area contributed by atoms with E-state index in [0.717, 1.165) is 37.5 Å². The zero-order chi connectivity index (χ0) is 13.1. The molecule has 3 nitrogen and oxygen atoms in total. The zero-order valence-electron chi connectivity index (χ0n) is 11.7. The third-order valence-electron chi connectivity index (χ3n) is 5.22. The van der Waals surface area contributed by atoms with Crippen molar-refractivity contribution in [1.29, 1.82) is 0 Å². The van der Waals surface area contributed by atoms with Crippen LogP contribution in [0.4, 0.5) is 0 Å². The molecule has 2 saturated carbocycles. The lowest BCUT2D eigenvalue weighted by molar-refractivity contribution is -0.143. The smallest absolute Gasteiger partial charge is 0.306 e. The summed E-state index contributed by atoms with van der Waals surface area (Å²) in [5.41, 5.74) is 0. The summed E-state index contributed by atoms with van der Waals surface area (Å²) >= 11 is 0. The van der Waals surface area contributed by atoms with Crippen molar-refractivity contribution in [2.45, 2.75) is 70.9 Å². The van der Waals surface area contributed by atoms with Crippen molar-refractivity contribution in [1.82, 2.24) is 5.32 Å². The Hall–Kier alpha value is -0.570. The van der Waals surface area contributed by atoms with E-state index in [9.17, 15) is 4.79 Å². The molecule has 0 aromatic heterocycles. The van der Waals surface area contributed by atoms with Crippen LogP contribution in [-0.2, 0) is 4.79 Å². The second-order valence-electron chi connectivity index (χ2n) is 6.28. The molecule has 2 fully saturated rings. The average molecular weight is 253 g/mol. The summed E-state index contributed by atoms with van der Waals surface area (Å²) in [5, 5.41) is 12.9. The van der Waals surface area contributed by atoms with Crippen LogP contribution >= 0.6 is 0 Å². The summed E-state index contributed by atoms with van der Waals surface area (Å²) in [6, 6.07) is 1.05. The predicted octanol–water partition coefficient (Wildman–Crippen LogP) is 3.04. The standard InChI is InChI=1S/C15H27NO2/c1-3-11-7-8-14(10(11)2)16-13-6-4-5-12(9-13)15(17)18/h10-14,16H,3-9H2,1-2H3,(H,17,18). The van der Waals surface area contributed by atoms with Crippen molar-refractivity contribution in [3.05, 3.63) is 0 Å². The third-order valence-corrected chi connectivity index (χ3v) is 5.22. The van der Waals surface area contributed by atoms with Crippen LogP contribution in [0.5, 0.6) is 0 Å². The fourth-order valence-corrected chi connectivity index (χ4v) is 3.93. The minimum absolute atomic E-state index is 0.116. The van der Waals surface area contributed by atoms with Crippen molar-refractivity contribution in [3.63, 3.8) is 0 Å². The number of carboxylic acid groups (broad SMARTS) is 1. The molecule has 2 aliphatic rings. The number of hydrogen-bond acceptors (Lipinski definition) is 2. The van der Waals surface area contributed by atoms with E-state index in [2.05, 4.69) is 19.2 Å². The quantitative estimate of drug-likeness (QED) is 0.809. The second kappa shape index (κ2) is 6.05. The highest BCUT2D eigenvalue weighted by atomic mass is 16.4.